The lowest BCUT2D eigenvalue weighted by Crippen LogP contribution is -2.26. The summed E-state index contributed by atoms with van der Waals surface area (Å²) < 4.78 is 34.0. The monoisotopic (exact) mass is 506 g/mol. The van der Waals surface area contributed by atoms with Crippen LogP contribution in [0.1, 0.15) is 41.5 Å². The van der Waals surface area contributed by atoms with Gasteiger partial charge in [0.15, 0.2) is 0 Å². The summed E-state index contributed by atoms with van der Waals surface area (Å²) in [5, 5.41) is 0. The second kappa shape index (κ2) is 11.1. The van der Waals surface area contributed by atoms with E-state index in [9.17, 15) is 4.39 Å². The summed E-state index contributed by atoms with van der Waals surface area (Å²) in [6, 6.07) is 19.6. The van der Waals surface area contributed by atoms with Crippen LogP contribution in [-0.4, -0.2) is 43.1 Å². The molecule has 2 heterocycles. The number of hydrogen-bond acceptors (Lipinski definition) is 4. The Bertz CT molecular complexity index is 1260. The average Bonchev–Trinajstić information content (AvgIpc) is 3.23. The Morgan fingerprint density at radius 1 is 1.06 bits per heavy atom. The zero-order valence-electron chi connectivity index (χ0n) is 20.6. The third kappa shape index (κ3) is 5.45. The average molecular weight is 507 g/mol. The first-order valence-electron chi connectivity index (χ1n) is 12.6. The second-order valence-corrected chi connectivity index (χ2v) is 10.7. The number of alkyl halides is 1. The number of likely N-dealkylation sites (tertiary alicyclic amines) is 1. The predicted molar refractivity (Wildman–Crippen MR) is 146 cm³/mol. The highest BCUT2D eigenvalue weighted by Gasteiger charge is 2.25. The lowest BCUT2D eigenvalue weighted by Gasteiger charge is -2.19. The molecule has 0 spiro atoms. The Labute approximate surface area is 216 Å². The number of nitrogens with two attached hydrogens (primary N) is 1. The summed E-state index contributed by atoms with van der Waals surface area (Å²) in [5.41, 5.74) is 12.5. The molecule has 1 fully saturated rings. The molecule has 3 nitrogen and oxygen atoms in total. The molecule has 6 heteroatoms. The Hall–Kier alpha value is -2.83. The van der Waals surface area contributed by atoms with Crippen LogP contribution in [0.4, 0.5) is 14.5 Å². The maximum absolute atomic E-state index is 15.2. The second-order valence-electron chi connectivity index (χ2n) is 9.59. The lowest BCUT2D eigenvalue weighted by molar-refractivity contribution is 0.198. The number of thioether (sulfide) groups is 1. The van der Waals surface area contributed by atoms with Gasteiger partial charge >= 0.3 is 0 Å². The summed E-state index contributed by atoms with van der Waals surface area (Å²) in [5.74, 6) is 1.49. The smallest absolute Gasteiger partial charge is 0.130 e. The minimum Gasteiger partial charge on any atom is -0.489 e. The van der Waals surface area contributed by atoms with Crippen LogP contribution in [0.25, 0.3) is 11.1 Å². The van der Waals surface area contributed by atoms with E-state index in [0.717, 1.165) is 76.7 Å². The largest absolute Gasteiger partial charge is 0.489 e. The Morgan fingerprint density at radius 3 is 2.67 bits per heavy atom. The van der Waals surface area contributed by atoms with Crippen LogP contribution in [-0.2, 0) is 0 Å². The number of ether oxygens (including phenoxy) is 1. The minimum atomic E-state index is -0.277. The van der Waals surface area contributed by atoms with Gasteiger partial charge in [-0.05, 0) is 90.4 Å². The number of fused-ring (bicyclic) bond motifs is 1. The van der Waals surface area contributed by atoms with Crippen molar-refractivity contribution in [3.8, 4) is 5.75 Å². The molecule has 36 heavy (non-hydrogen) atoms. The van der Waals surface area contributed by atoms with E-state index in [2.05, 4.69) is 23.1 Å². The van der Waals surface area contributed by atoms with Gasteiger partial charge in [0, 0.05) is 41.5 Å². The van der Waals surface area contributed by atoms with Gasteiger partial charge in [-0.3, -0.25) is 9.29 Å². The van der Waals surface area contributed by atoms with Gasteiger partial charge in [0.1, 0.15) is 17.7 Å². The van der Waals surface area contributed by atoms with Crippen LogP contribution in [0.15, 0.2) is 65.6 Å². The lowest BCUT2D eigenvalue weighted by atomic mass is 9.87. The number of rotatable bonds is 7. The van der Waals surface area contributed by atoms with Crippen LogP contribution >= 0.6 is 11.8 Å². The third-order valence-corrected chi connectivity index (χ3v) is 7.99. The topological polar surface area (TPSA) is 38.5 Å². The van der Waals surface area contributed by atoms with Gasteiger partial charge in [0.2, 0.25) is 0 Å². The highest BCUT2D eigenvalue weighted by atomic mass is 32.2. The molecule has 0 amide bonds. The molecule has 1 saturated heterocycles. The maximum Gasteiger partial charge on any atom is 0.130 e. The molecule has 2 aliphatic heterocycles. The summed E-state index contributed by atoms with van der Waals surface area (Å²) in [6.45, 7) is 4.18. The van der Waals surface area contributed by atoms with Crippen molar-refractivity contribution in [3.05, 3.63) is 88.7 Å². The standard InChI is InChI=1S/C30H32F2N2OS/c1-20-3-9-25(28(32)17-20)26-12-16-36-29-10-6-22(33)18-27(29)30(26)21-4-7-23(8-5-21)35-24-11-15-34(19-24)14-2-13-31/h3-10,17-18,24H,2,11-16,19,33H2,1H3. The van der Waals surface area contributed by atoms with Gasteiger partial charge in [-0.1, -0.05) is 24.3 Å². The van der Waals surface area contributed by atoms with E-state index >= 15 is 4.39 Å². The molecular formula is C30H32F2N2OS. The predicted octanol–water partition coefficient (Wildman–Crippen LogP) is 6.98. The van der Waals surface area contributed by atoms with Crippen molar-refractivity contribution in [1.29, 1.82) is 0 Å². The van der Waals surface area contributed by atoms with Crippen molar-refractivity contribution in [2.24, 2.45) is 0 Å². The van der Waals surface area contributed by atoms with E-state index in [0.29, 0.717) is 17.7 Å². The van der Waals surface area contributed by atoms with Gasteiger partial charge in [0.25, 0.3) is 0 Å². The fourth-order valence-electron chi connectivity index (χ4n) is 5.16. The zero-order chi connectivity index (χ0) is 25.1. The van der Waals surface area contributed by atoms with E-state index in [1.54, 1.807) is 17.8 Å². The van der Waals surface area contributed by atoms with Crippen molar-refractivity contribution in [2.75, 3.05) is 37.8 Å². The van der Waals surface area contributed by atoms with Crippen LogP contribution in [0.3, 0.4) is 0 Å². The van der Waals surface area contributed by atoms with Gasteiger partial charge in [-0.25, -0.2) is 4.39 Å². The molecule has 2 N–H and O–H groups in total. The molecular weight excluding hydrogens is 474 g/mol. The Morgan fingerprint density at radius 2 is 1.89 bits per heavy atom. The normalized spacial score (nSPS) is 18.2. The number of halogens is 2. The molecule has 2 aliphatic rings. The number of nitrogen functional groups attached to an aromatic ring is 1. The van der Waals surface area contributed by atoms with Gasteiger partial charge in [-0.2, -0.15) is 0 Å². The molecule has 3 aromatic rings. The number of anilines is 1. The van der Waals surface area contributed by atoms with E-state index in [1.165, 1.54) is 0 Å². The molecule has 5 rings (SSSR count). The molecule has 0 aromatic heterocycles. The van der Waals surface area contributed by atoms with E-state index < -0.39 is 0 Å². The van der Waals surface area contributed by atoms with Gasteiger partial charge in [-0.15, -0.1) is 11.8 Å². The number of hydrogen-bond donors (Lipinski definition) is 1. The van der Waals surface area contributed by atoms with E-state index in [1.807, 2.05) is 43.3 Å². The first-order chi connectivity index (χ1) is 17.5. The molecule has 3 aromatic carbocycles. The Kier molecular flexibility index (Phi) is 7.63. The summed E-state index contributed by atoms with van der Waals surface area (Å²) >= 11 is 1.78. The first kappa shape index (κ1) is 24.8. The van der Waals surface area contributed by atoms with Crippen molar-refractivity contribution in [3.63, 3.8) is 0 Å². The first-order valence-corrected chi connectivity index (χ1v) is 13.6. The van der Waals surface area contributed by atoms with Crippen LogP contribution in [0, 0.1) is 12.7 Å². The number of allylic oxidation sites excluding steroid dienone is 1. The van der Waals surface area contributed by atoms with Crippen molar-refractivity contribution >= 4 is 28.6 Å². The molecule has 0 saturated carbocycles. The number of benzene rings is 3. The van der Waals surface area contributed by atoms with Crippen LogP contribution in [0.5, 0.6) is 5.75 Å². The summed E-state index contributed by atoms with van der Waals surface area (Å²) in [7, 11) is 0. The van der Waals surface area contributed by atoms with Gasteiger partial charge < -0.3 is 10.5 Å². The molecule has 1 unspecified atom stereocenters. The highest BCUT2D eigenvalue weighted by molar-refractivity contribution is 7.99. The molecule has 188 valence electrons. The van der Waals surface area contributed by atoms with Crippen molar-refractivity contribution in [1.82, 2.24) is 4.90 Å². The maximum atomic E-state index is 15.2. The number of nitrogens with zero attached hydrogens (tertiary/aromatic N) is 1. The van der Waals surface area contributed by atoms with Gasteiger partial charge in [0.05, 0.1) is 6.67 Å². The quantitative estimate of drug-likeness (QED) is 0.351. The Balaban J connectivity index is 1.49. The third-order valence-electron chi connectivity index (χ3n) is 6.92. The summed E-state index contributed by atoms with van der Waals surface area (Å²) in [6.07, 6.45) is 2.38. The fraction of sp³-hybridized carbons (Fsp3) is 0.333. The van der Waals surface area contributed by atoms with E-state index in [4.69, 9.17) is 10.5 Å². The SMILES string of the molecule is Cc1ccc(C2=C(c3ccc(OC4CCN(CCCF)C4)cc3)c3cc(N)ccc3SCC2)c(F)c1. The van der Waals surface area contributed by atoms with Crippen LogP contribution < -0.4 is 10.5 Å². The summed E-state index contributed by atoms with van der Waals surface area (Å²) in [4.78, 5) is 3.41. The van der Waals surface area contributed by atoms with Crippen molar-refractivity contribution < 1.29 is 13.5 Å². The highest BCUT2D eigenvalue weighted by Crippen LogP contribution is 2.44. The van der Waals surface area contributed by atoms with Crippen LogP contribution in [0.2, 0.25) is 0 Å². The molecule has 0 aliphatic carbocycles. The zero-order valence-corrected chi connectivity index (χ0v) is 21.4. The molecule has 1 atom stereocenters. The van der Waals surface area contributed by atoms with Crippen molar-refractivity contribution in [2.45, 2.75) is 37.2 Å². The van der Waals surface area contributed by atoms with E-state index in [-0.39, 0.29) is 18.6 Å². The minimum absolute atomic E-state index is 0.113. The molecule has 0 radical (unpaired) electrons. The fourth-order valence-corrected chi connectivity index (χ4v) is 6.16. The molecule has 0 bridgehead atoms. The number of aryl methyl sites for hydroxylation is 1.